The van der Waals surface area contributed by atoms with E-state index in [0.717, 1.165) is 12.5 Å². The molecular formula is C12H13ClFN3. The first-order chi connectivity index (χ1) is 8.15. The van der Waals surface area contributed by atoms with Gasteiger partial charge in [0.1, 0.15) is 11.2 Å². The van der Waals surface area contributed by atoms with Crippen molar-refractivity contribution in [2.75, 3.05) is 5.32 Å². The Labute approximate surface area is 105 Å². The smallest absolute Gasteiger partial charge is 0.166 e. The molecule has 5 heteroatoms. The van der Waals surface area contributed by atoms with Crippen LogP contribution in [0, 0.1) is 23.1 Å². The van der Waals surface area contributed by atoms with Gasteiger partial charge in [-0.25, -0.2) is 9.37 Å². The molecule has 0 amide bonds. The van der Waals surface area contributed by atoms with Gasteiger partial charge in [0.05, 0.1) is 5.56 Å². The first-order valence-corrected chi connectivity index (χ1v) is 6.06. The Bertz CT molecular complexity index is 466. The van der Waals surface area contributed by atoms with Gasteiger partial charge < -0.3 is 5.32 Å². The summed E-state index contributed by atoms with van der Waals surface area (Å²) >= 11 is 5.78. The summed E-state index contributed by atoms with van der Waals surface area (Å²) in [7, 11) is 0. The van der Waals surface area contributed by atoms with E-state index in [9.17, 15) is 4.39 Å². The number of hydrogen-bond donors (Lipinski definition) is 1. The molecule has 0 radical (unpaired) electrons. The van der Waals surface area contributed by atoms with Crippen LogP contribution in [0.1, 0.15) is 31.7 Å². The third-order valence-corrected chi connectivity index (χ3v) is 3.29. The van der Waals surface area contributed by atoms with E-state index in [4.69, 9.17) is 16.9 Å². The van der Waals surface area contributed by atoms with Gasteiger partial charge in [-0.3, -0.25) is 0 Å². The van der Waals surface area contributed by atoms with Gasteiger partial charge in [0.2, 0.25) is 0 Å². The Morgan fingerprint density at radius 1 is 1.71 bits per heavy atom. The lowest BCUT2D eigenvalue weighted by molar-refractivity contribution is 0.587. The van der Waals surface area contributed by atoms with Gasteiger partial charge in [0.15, 0.2) is 11.6 Å². The average Bonchev–Trinajstić information content (AvgIpc) is 3.13. The van der Waals surface area contributed by atoms with Crippen molar-refractivity contribution in [3.05, 3.63) is 22.6 Å². The van der Waals surface area contributed by atoms with Gasteiger partial charge in [-0.15, -0.1) is 0 Å². The van der Waals surface area contributed by atoms with Gasteiger partial charge in [0.25, 0.3) is 0 Å². The summed E-state index contributed by atoms with van der Waals surface area (Å²) in [5.41, 5.74) is 0.0641. The van der Waals surface area contributed by atoms with E-state index in [2.05, 4.69) is 17.2 Å². The lowest BCUT2D eigenvalue weighted by Crippen LogP contribution is -2.22. The van der Waals surface area contributed by atoms with Crippen molar-refractivity contribution < 1.29 is 4.39 Å². The molecule has 0 unspecified atom stereocenters. The second-order valence-corrected chi connectivity index (χ2v) is 4.62. The van der Waals surface area contributed by atoms with E-state index in [1.165, 1.54) is 12.8 Å². The molecule has 17 heavy (non-hydrogen) atoms. The van der Waals surface area contributed by atoms with Crippen LogP contribution in [0.5, 0.6) is 0 Å². The summed E-state index contributed by atoms with van der Waals surface area (Å²) in [5.74, 6) is 0.230. The number of hydrogen-bond acceptors (Lipinski definition) is 3. The number of rotatable bonds is 4. The molecule has 3 nitrogen and oxygen atoms in total. The number of halogens is 2. The molecule has 0 spiro atoms. The van der Waals surface area contributed by atoms with E-state index in [0.29, 0.717) is 5.92 Å². The molecule has 1 fully saturated rings. The molecule has 1 heterocycles. The van der Waals surface area contributed by atoms with Crippen LogP contribution in [0.4, 0.5) is 10.2 Å². The maximum Gasteiger partial charge on any atom is 0.166 e. The number of aromatic nitrogens is 1. The van der Waals surface area contributed by atoms with Crippen LogP contribution in [-0.2, 0) is 0 Å². The Morgan fingerprint density at radius 3 is 2.94 bits per heavy atom. The van der Waals surface area contributed by atoms with Crippen molar-refractivity contribution in [3.63, 3.8) is 0 Å². The normalized spacial score (nSPS) is 16.4. The number of nitrogens with one attached hydrogen (secondary N) is 1. The lowest BCUT2D eigenvalue weighted by Gasteiger charge is -2.17. The van der Waals surface area contributed by atoms with Crippen molar-refractivity contribution >= 4 is 17.4 Å². The third kappa shape index (κ3) is 2.67. The molecule has 1 aromatic heterocycles. The van der Waals surface area contributed by atoms with Crippen LogP contribution >= 0.6 is 11.6 Å². The molecule has 1 N–H and O–H groups in total. The number of pyridine rings is 1. The molecular weight excluding hydrogens is 241 g/mol. The van der Waals surface area contributed by atoms with Crippen LogP contribution in [-0.4, -0.2) is 11.0 Å². The van der Waals surface area contributed by atoms with Crippen molar-refractivity contribution in [3.8, 4) is 6.07 Å². The monoisotopic (exact) mass is 253 g/mol. The summed E-state index contributed by atoms with van der Waals surface area (Å²) in [6, 6.07) is 3.16. The van der Waals surface area contributed by atoms with Crippen LogP contribution in [0.3, 0.4) is 0 Å². The number of anilines is 1. The van der Waals surface area contributed by atoms with Crippen LogP contribution in [0.25, 0.3) is 0 Å². The zero-order chi connectivity index (χ0) is 12.4. The molecule has 1 saturated carbocycles. The fraction of sp³-hybridized carbons (Fsp3) is 0.500. The minimum absolute atomic E-state index is 0.0436. The molecule has 0 bridgehead atoms. The van der Waals surface area contributed by atoms with Gasteiger partial charge >= 0.3 is 0 Å². The molecule has 1 aliphatic carbocycles. The SMILES string of the molecule is CC[C@H](Nc1nc(Cl)c(C#N)cc1F)C1CC1. The zero-order valence-electron chi connectivity index (χ0n) is 9.50. The first kappa shape index (κ1) is 12.1. The molecule has 1 aromatic rings. The molecule has 0 saturated heterocycles. The van der Waals surface area contributed by atoms with Crippen LogP contribution < -0.4 is 5.32 Å². The van der Waals surface area contributed by atoms with E-state index < -0.39 is 5.82 Å². The zero-order valence-corrected chi connectivity index (χ0v) is 10.3. The fourth-order valence-electron chi connectivity index (χ4n) is 1.87. The van der Waals surface area contributed by atoms with E-state index >= 15 is 0 Å². The van der Waals surface area contributed by atoms with Gasteiger partial charge in [0, 0.05) is 6.04 Å². The minimum atomic E-state index is -0.523. The summed E-state index contributed by atoms with van der Waals surface area (Å²) < 4.78 is 13.7. The Morgan fingerprint density at radius 2 is 2.41 bits per heavy atom. The fourth-order valence-corrected chi connectivity index (χ4v) is 2.05. The van der Waals surface area contributed by atoms with Crippen molar-refractivity contribution in [2.24, 2.45) is 5.92 Å². The van der Waals surface area contributed by atoms with Crippen molar-refractivity contribution in [1.29, 1.82) is 5.26 Å². The molecule has 90 valence electrons. The molecule has 0 aliphatic heterocycles. The highest BCUT2D eigenvalue weighted by atomic mass is 35.5. The topological polar surface area (TPSA) is 48.7 Å². The highest BCUT2D eigenvalue weighted by Gasteiger charge is 2.30. The van der Waals surface area contributed by atoms with Crippen molar-refractivity contribution in [1.82, 2.24) is 4.98 Å². The summed E-state index contributed by atoms with van der Waals surface area (Å²) in [4.78, 5) is 3.90. The summed E-state index contributed by atoms with van der Waals surface area (Å²) in [6.45, 7) is 2.05. The maximum atomic E-state index is 13.7. The first-order valence-electron chi connectivity index (χ1n) is 5.68. The van der Waals surface area contributed by atoms with E-state index in [1.54, 1.807) is 6.07 Å². The molecule has 1 aliphatic rings. The maximum absolute atomic E-state index is 13.7. The van der Waals surface area contributed by atoms with Crippen LogP contribution in [0.2, 0.25) is 5.15 Å². The van der Waals surface area contributed by atoms with Gasteiger partial charge in [-0.2, -0.15) is 5.26 Å². The Hall–Kier alpha value is -1.34. The minimum Gasteiger partial charge on any atom is -0.365 e. The third-order valence-electron chi connectivity index (χ3n) is 3.00. The predicted octanol–water partition coefficient (Wildman–Crippen LogP) is 3.35. The average molecular weight is 254 g/mol. The molecule has 2 rings (SSSR count). The number of nitriles is 1. The highest BCUT2D eigenvalue weighted by Crippen LogP contribution is 2.35. The second kappa shape index (κ2) is 4.89. The van der Waals surface area contributed by atoms with E-state index in [-0.39, 0.29) is 22.6 Å². The lowest BCUT2D eigenvalue weighted by atomic mass is 10.1. The molecule has 0 aromatic carbocycles. The standard InChI is InChI=1S/C12H13ClFN3/c1-2-10(7-3-4-7)16-12-9(14)5-8(6-15)11(13)17-12/h5,7,10H,2-4H2,1H3,(H,16,17)/t10-/m0/s1. The Balaban J connectivity index is 2.20. The Kier molecular flexibility index (Phi) is 3.49. The van der Waals surface area contributed by atoms with Crippen molar-refractivity contribution in [2.45, 2.75) is 32.2 Å². The summed E-state index contributed by atoms with van der Waals surface area (Å²) in [5, 5.41) is 11.8. The summed E-state index contributed by atoms with van der Waals surface area (Å²) in [6.07, 6.45) is 3.28. The van der Waals surface area contributed by atoms with Gasteiger partial charge in [-0.05, 0) is 31.2 Å². The van der Waals surface area contributed by atoms with Crippen LogP contribution in [0.15, 0.2) is 6.07 Å². The predicted molar refractivity (Wildman–Crippen MR) is 64.3 cm³/mol. The quantitative estimate of drug-likeness (QED) is 0.837. The number of nitrogens with zero attached hydrogens (tertiary/aromatic N) is 2. The van der Waals surface area contributed by atoms with Gasteiger partial charge in [-0.1, -0.05) is 18.5 Å². The largest absolute Gasteiger partial charge is 0.365 e. The van der Waals surface area contributed by atoms with E-state index in [1.807, 2.05) is 0 Å². The highest BCUT2D eigenvalue weighted by molar-refractivity contribution is 6.30. The molecule has 1 atom stereocenters. The second-order valence-electron chi connectivity index (χ2n) is 4.27.